The number of H-pyrrole nitrogens is 2. The summed E-state index contributed by atoms with van der Waals surface area (Å²) in [6.07, 6.45) is 5.61. The fourth-order valence-electron chi connectivity index (χ4n) is 11.5. The number of alkyl halides is 2. The molecular weight excluding hydrogens is 983 g/mol. The first-order chi connectivity index (χ1) is 34.2. The van der Waals surface area contributed by atoms with Crippen molar-refractivity contribution in [1.29, 1.82) is 0 Å². The van der Waals surface area contributed by atoms with Crippen LogP contribution in [-0.2, 0) is 13.3 Å². The molecule has 5 N–H and O–H groups in total. The van der Waals surface area contributed by atoms with E-state index in [2.05, 4.69) is 168 Å². The number of aromatic amines is 2. The van der Waals surface area contributed by atoms with Gasteiger partial charge >= 0.3 is 0 Å². The van der Waals surface area contributed by atoms with Crippen LogP contribution in [0.2, 0.25) is 51.4 Å². The summed E-state index contributed by atoms with van der Waals surface area (Å²) < 4.78 is 53.0. The van der Waals surface area contributed by atoms with E-state index in [1.807, 2.05) is 0 Å². The summed E-state index contributed by atoms with van der Waals surface area (Å²) in [6, 6.07) is 1.92. The van der Waals surface area contributed by atoms with Gasteiger partial charge in [-0.2, -0.15) is 10.2 Å². The second-order valence-electron chi connectivity index (χ2n) is 23.6. The highest BCUT2D eigenvalue weighted by atomic mass is 28.4. The van der Waals surface area contributed by atoms with Crippen molar-refractivity contribution in [3.8, 4) is 0 Å². The quantitative estimate of drug-likeness (QED) is 0.0366. The molecule has 0 aromatic carbocycles. The monoisotopic (exact) mass is 1070 g/mol. The van der Waals surface area contributed by atoms with Gasteiger partial charge in [0.1, 0.15) is 48.0 Å². The molecule has 2 saturated carbocycles. The summed E-state index contributed by atoms with van der Waals surface area (Å²) in [7, 11) is -6.79. The minimum atomic E-state index is -2.38. The number of aliphatic hydroxyl groups excluding tert-OH is 1. The lowest BCUT2D eigenvalue weighted by molar-refractivity contribution is 0.0496. The summed E-state index contributed by atoms with van der Waals surface area (Å²) in [5.41, 5.74) is 2.85. The molecule has 6 rings (SSSR count). The third kappa shape index (κ3) is 12.9. The summed E-state index contributed by atoms with van der Waals surface area (Å²) in [5.74, 6) is -0.590. The van der Waals surface area contributed by atoms with Crippen LogP contribution in [0.5, 0.6) is 0 Å². The van der Waals surface area contributed by atoms with Crippen LogP contribution in [-0.4, -0.2) is 132 Å². The average Bonchev–Trinajstić information content (AvgIpc) is 4.16. The number of anilines is 2. The smallest absolute Gasteiger partial charge is 0.218 e. The van der Waals surface area contributed by atoms with Gasteiger partial charge in [-0.1, -0.05) is 104 Å². The summed E-state index contributed by atoms with van der Waals surface area (Å²) >= 11 is 0. The van der Waals surface area contributed by atoms with E-state index in [0.717, 1.165) is 0 Å². The van der Waals surface area contributed by atoms with Gasteiger partial charge in [0.25, 0.3) is 0 Å². The van der Waals surface area contributed by atoms with Crippen LogP contribution in [0.25, 0.3) is 0 Å². The Labute approximate surface area is 436 Å². The maximum Gasteiger partial charge on any atom is 0.218 e. The Balaban J connectivity index is 0.000000276. The number of ketones is 2. The number of aliphatic hydroxyl groups is 1. The van der Waals surface area contributed by atoms with Gasteiger partial charge in [-0.25, -0.2) is 28.7 Å². The predicted molar refractivity (Wildman–Crippen MR) is 291 cm³/mol. The molecule has 8 atom stereocenters. The molecular formula is C52H86F2N10O6Si3. The zero-order valence-electron chi connectivity index (χ0n) is 46.5. The van der Waals surface area contributed by atoms with Gasteiger partial charge in [0.2, 0.25) is 28.2 Å². The van der Waals surface area contributed by atoms with E-state index in [0.29, 0.717) is 58.5 Å². The number of halogens is 2. The van der Waals surface area contributed by atoms with Gasteiger partial charge in [0, 0.05) is 49.8 Å². The summed E-state index contributed by atoms with van der Waals surface area (Å²) in [4.78, 5) is 42.5. The molecule has 4 aromatic heterocycles. The summed E-state index contributed by atoms with van der Waals surface area (Å²) in [5, 5.41) is 29.7. The molecule has 2 aliphatic rings. The highest BCUT2D eigenvalue weighted by Gasteiger charge is 2.55. The molecule has 0 aliphatic heterocycles. The van der Waals surface area contributed by atoms with E-state index in [1.54, 1.807) is 24.5 Å². The minimum Gasteiger partial charge on any atom is -0.416 e. The van der Waals surface area contributed by atoms with Crippen LogP contribution >= 0.6 is 0 Å². The Bertz CT molecular complexity index is 2330. The van der Waals surface area contributed by atoms with Crippen LogP contribution in [0.15, 0.2) is 49.6 Å². The average molecular weight is 1070 g/mol. The molecule has 0 bridgehead atoms. The molecule has 4 heterocycles. The highest BCUT2D eigenvalue weighted by Crippen LogP contribution is 2.49. The van der Waals surface area contributed by atoms with Gasteiger partial charge in [-0.05, 0) is 76.4 Å². The Kier molecular flexibility index (Phi) is 20.2. The Morgan fingerprint density at radius 1 is 0.671 bits per heavy atom. The Morgan fingerprint density at radius 2 is 1.04 bits per heavy atom. The van der Waals surface area contributed by atoms with Crippen LogP contribution < -0.4 is 10.6 Å². The lowest BCUT2D eigenvalue weighted by atomic mass is 10.1. The van der Waals surface area contributed by atoms with Crippen molar-refractivity contribution in [3.63, 3.8) is 0 Å². The number of hydrogen-bond donors (Lipinski definition) is 5. The molecule has 2 aliphatic carbocycles. The molecule has 0 amide bonds. The fraction of sp³-hybridized carbons (Fsp3) is 0.692. The van der Waals surface area contributed by atoms with Crippen molar-refractivity contribution < 1.29 is 36.8 Å². The predicted octanol–water partition coefficient (Wildman–Crippen LogP) is 11.3. The first-order valence-electron chi connectivity index (χ1n) is 26.3. The Morgan fingerprint density at radius 3 is 1.37 bits per heavy atom. The van der Waals surface area contributed by atoms with Gasteiger partial charge in [0.05, 0.1) is 35.4 Å². The van der Waals surface area contributed by atoms with E-state index in [1.165, 1.54) is 25.0 Å². The van der Waals surface area contributed by atoms with Crippen molar-refractivity contribution in [2.24, 2.45) is 11.8 Å². The second-order valence-corrected chi connectivity index (χ2v) is 39.2. The number of hydrogen-bond acceptors (Lipinski definition) is 14. The molecule has 0 radical (unpaired) electrons. The molecule has 0 unspecified atom stereocenters. The summed E-state index contributed by atoms with van der Waals surface area (Å²) in [6.45, 7) is 37.7. The van der Waals surface area contributed by atoms with Crippen molar-refractivity contribution in [2.75, 3.05) is 23.8 Å². The van der Waals surface area contributed by atoms with Gasteiger partial charge in [0.15, 0.2) is 8.32 Å². The van der Waals surface area contributed by atoms with E-state index in [4.69, 9.17) is 13.3 Å². The molecule has 4 aromatic rings. The van der Waals surface area contributed by atoms with Crippen molar-refractivity contribution in [3.05, 3.63) is 72.1 Å². The maximum atomic E-state index is 16.6. The highest BCUT2D eigenvalue weighted by molar-refractivity contribution is 6.78. The molecule has 21 heteroatoms. The van der Waals surface area contributed by atoms with Crippen molar-refractivity contribution >= 4 is 48.2 Å². The van der Waals surface area contributed by atoms with Gasteiger partial charge < -0.3 is 29.0 Å². The van der Waals surface area contributed by atoms with Crippen LogP contribution in [0.4, 0.5) is 20.4 Å². The van der Waals surface area contributed by atoms with E-state index in [9.17, 15) is 14.7 Å². The Hall–Kier alpha value is -4.13. The standard InChI is InChI=1S/C29H50FN5O3Si2.C23H36FN5O3Si/c1-18(2)40(19(3)4,20(5)6)38-27-21(16-37-39(10,11)29(7,8)9)14-24(25(27)30)34-28-22(15-31-17-32-28)26(36)23-12-13-33-35-23;1-13(2)33(14(3)4,15(5)6)32-22-16(11-30)9-19(20(22)24)28-23-17(10-25-12-26-23)21(31)18-7-8-27-29-18/h12-13,15,17-21,24-25,27H,14,16H2,1-11H3,(H,33,35)(H,31,32,34);7-8,10,12-16,19-20,22,30H,9,11H2,1-6H3,(H,27,29)(H,25,26,28)/t21-,24-,25-,27-;16-,19-,20-,22-/m11/s1. The molecule has 2 fully saturated rings. The normalized spacial score (nSPS) is 23.0. The number of nitrogens with one attached hydrogen (secondary N) is 4. The van der Waals surface area contributed by atoms with Crippen LogP contribution in [0.1, 0.15) is 149 Å². The van der Waals surface area contributed by atoms with E-state index in [-0.39, 0.29) is 63.4 Å². The van der Waals surface area contributed by atoms with Gasteiger partial charge in [-0.15, -0.1) is 0 Å². The number of nitrogens with zero attached hydrogens (tertiary/aromatic N) is 6. The van der Waals surface area contributed by atoms with Gasteiger partial charge in [-0.3, -0.25) is 19.8 Å². The zero-order valence-corrected chi connectivity index (χ0v) is 49.5. The first-order valence-corrected chi connectivity index (χ1v) is 33.4. The SMILES string of the molecule is CC(C)[Si](O[C@@H]1[C@@H](CO)C[C@@H](Nc2ncncc2C(=O)c2cc[nH]n2)[C@H]1F)(C(C)C)C(C)C.CC(C)[Si](O[C@@H]1[C@@H](CO[Si](C)(C)C(C)(C)C)C[C@@H](Nc2ncncc2C(=O)c2cc[nH]n2)[C@H]1F)(C(C)C)C(C)C. The maximum absolute atomic E-state index is 16.6. The minimum absolute atomic E-state index is 0.0452. The number of aromatic nitrogens is 8. The zero-order chi connectivity index (χ0) is 54.4. The topological polar surface area (TPSA) is 215 Å². The number of rotatable bonds is 22. The third-order valence-corrected chi connectivity index (χ3v) is 32.9. The van der Waals surface area contributed by atoms with Crippen LogP contribution in [0.3, 0.4) is 0 Å². The molecule has 406 valence electrons. The third-order valence-electron chi connectivity index (χ3n) is 16.3. The van der Waals surface area contributed by atoms with E-state index >= 15 is 8.78 Å². The fourth-order valence-corrected chi connectivity index (χ4v) is 23.8. The largest absolute Gasteiger partial charge is 0.416 e. The number of carbonyl (C=O) groups is 2. The van der Waals surface area contributed by atoms with Crippen molar-refractivity contribution in [2.45, 2.75) is 205 Å². The second kappa shape index (κ2) is 24.7. The molecule has 0 saturated heterocycles. The molecule has 16 nitrogen and oxygen atoms in total. The van der Waals surface area contributed by atoms with E-state index < -0.39 is 61.6 Å². The lowest BCUT2D eigenvalue weighted by Gasteiger charge is -2.45. The first kappa shape index (κ1) is 59.7. The number of carbonyl (C=O) groups excluding carboxylic acids is 2. The lowest BCUT2D eigenvalue weighted by Crippen LogP contribution is -2.53. The molecule has 73 heavy (non-hydrogen) atoms. The molecule has 0 spiro atoms. The van der Waals surface area contributed by atoms with Crippen LogP contribution in [0, 0.1) is 11.8 Å². The van der Waals surface area contributed by atoms with Crippen molar-refractivity contribution in [1.82, 2.24) is 40.3 Å².